The van der Waals surface area contributed by atoms with Crippen LogP contribution in [0.25, 0.3) is 0 Å². The number of hydrogen-bond donors (Lipinski definition) is 2. The fourth-order valence-corrected chi connectivity index (χ4v) is 3.24. The van der Waals surface area contributed by atoms with E-state index in [1.807, 2.05) is 24.3 Å². The Hall–Kier alpha value is -2.87. The molecule has 0 aromatic heterocycles. The molecular formula is C20H24F2N3O3+. The van der Waals surface area contributed by atoms with Gasteiger partial charge in [-0.15, -0.1) is 0 Å². The summed E-state index contributed by atoms with van der Waals surface area (Å²) in [6.45, 7) is 0.637. The smallest absolute Gasteiger partial charge is 0.387 e. The number of nitrogens with one attached hydrogen (secondary N) is 2. The second-order valence-corrected chi connectivity index (χ2v) is 6.53. The average molecular weight is 392 g/mol. The van der Waals surface area contributed by atoms with Gasteiger partial charge in [0.15, 0.2) is 6.54 Å². The number of piperazine rings is 1. The van der Waals surface area contributed by atoms with Crippen LogP contribution in [0.15, 0.2) is 48.5 Å². The van der Waals surface area contributed by atoms with Gasteiger partial charge in [0.1, 0.15) is 11.5 Å². The Labute approximate surface area is 162 Å². The van der Waals surface area contributed by atoms with Crippen LogP contribution >= 0.6 is 0 Å². The molecule has 2 aromatic rings. The number of ether oxygens (including phenoxy) is 2. The fourth-order valence-electron chi connectivity index (χ4n) is 3.24. The van der Waals surface area contributed by atoms with Gasteiger partial charge in [-0.05, 0) is 36.4 Å². The number of rotatable bonds is 7. The number of para-hydroxylation sites is 2. The van der Waals surface area contributed by atoms with E-state index in [1.165, 1.54) is 6.07 Å². The number of benzene rings is 2. The number of carbonyl (C=O) groups is 1. The minimum absolute atomic E-state index is 0.0369. The number of hydrogen-bond acceptors (Lipinski definition) is 4. The predicted octanol–water partition coefficient (Wildman–Crippen LogP) is 1.64. The first-order valence-electron chi connectivity index (χ1n) is 9.11. The summed E-state index contributed by atoms with van der Waals surface area (Å²) >= 11 is 0. The molecule has 1 fully saturated rings. The lowest BCUT2D eigenvalue weighted by Crippen LogP contribution is -3.15. The highest BCUT2D eigenvalue weighted by Crippen LogP contribution is 2.25. The molecule has 2 aromatic carbocycles. The van der Waals surface area contributed by atoms with Crippen LogP contribution < -0.4 is 24.6 Å². The number of halogens is 2. The van der Waals surface area contributed by atoms with Crippen LogP contribution in [-0.2, 0) is 4.79 Å². The second-order valence-electron chi connectivity index (χ2n) is 6.53. The van der Waals surface area contributed by atoms with Gasteiger partial charge < -0.3 is 24.6 Å². The highest BCUT2D eigenvalue weighted by Gasteiger charge is 2.23. The summed E-state index contributed by atoms with van der Waals surface area (Å²) in [5.41, 5.74) is 1.38. The predicted molar refractivity (Wildman–Crippen MR) is 102 cm³/mol. The minimum atomic E-state index is -2.94. The van der Waals surface area contributed by atoms with E-state index in [1.54, 1.807) is 25.3 Å². The van der Waals surface area contributed by atoms with Gasteiger partial charge in [0.25, 0.3) is 5.91 Å². The normalized spacial score (nSPS) is 14.8. The van der Waals surface area contributed by atoms with Crippen molar-refractivity contribution in [2.45, 2.75) is 6.61 Å². The van der Waals surface area contributed by atoms with Gasteiger partial charge in [-0.2, -0.15) is 8.78 Å². The maximum absolute atomic E-state index is 12.5. The maximum Gasteiger partial charge on any atom is 0.387 e. The zero-order valence-electron chi connectivity index (χ0n) is 15.7. The SMILES string of the molecule is COc1ccc(N2CC[NH+](CC(=O)Nc3ccccc3OC(F)F)CC2)cc1. The number of anilines is 2. The molecule has 3 rings (SSSR count). The van der Waals surface area contributed by atoms with Gasteiger partial charge in [0.05, 0.1) is 39.0 Å². The van der Waals surface area contributed by atoms with Crippen LogP contribution in [0.2, 0.25) is 0 Å². The van der Waals surface area contributed by atoms with Gasteiger partial charge in [-0.1, -0.05) is 12.1 Å². The summed E-state index contributed by atoms with van der Waals surface area (Å²) in [5.74, 6) is 0.559. The van der Waals surface area contributed by atoms with Crippen LogP contribution in [0.3, 0.4) is 0 Å². The number of alkyl halides is 2. The van der Waals surface area contributed by atoms with Crippen molar-refractivity contribution in [2.24, 2.45) is 0 Å². The lowest BCUT2D eigenvalue weighted by atomic mass is 10.2. The molecule has 0 aliphatic carbocycles. The molecule has 1 amide bonds. The Balaban J connectivity index is 1.50. The molecule has 0 spiro atoms. The van der Waals surface area contributed by atoms with E-state index in [0.29, 0.717) is 0 Å². The third-order valence-corrected chi connectivity index (χ3v) is 4.70. The largest absolute Gasteiger partial charge is 0.497 e. The zero-order valence-corrected chi connectivity index (χ0v) is 15.7. The van der Waals surface area contributed by atoms with Gasteiger partial charge in [0, 0.05) is 5.69 Å². The number of methoxy groups -OCH3 is 1. The van der Waals surface area contributed by atoms with Crippen LogP contribution in [0.4, 0.5) is 20.2 Å². The summed E-state index contributed by atoms with van der Waals surface area (Å²) in [7, 11) is 1.64. The van der Waals surface area contributed by atoms with E-state index < -0.39 is 6.61 Å². The minimum Gasteiger partial charge on any atom is -0.497 e. The van der Waals surface area contributed by atoms with Crippen molar-refractivity contribution < 1.29 is 27.9 Å². The monoisotopic (exact) mass is 392 g/mol. The Morgan fingerprint density at radius 2 is 1.82 bits per heavy atom. The molecule has 6 nitrogen and oxygen atoms in total. The Bertz CT molecular complexity index is 779. The van der Waals surface area contributed by atoms with Gasteiger partial charge in [-0.3, -0.25) is 4.79 Å². The molecule has 0 atom stereocenters. The molecule has 0 bridgehead atoms. The molecule has 0 saturated carbocycles. The lowest BCUT2D eigenvalue weighted by molar-refractivity contribution is -0.892. The molecule has 28 heavy (non-hydrogen) atoms. The topological polar surface area (TPSA) is 55.2 Å². The Kier molecular flexibility index (Phi) is 6.65. The third-order valence-electron chi connectivity index (χ3n) is 4.70. The Morgan fingerprint density at radius 1 is 1.14 bits per heavy atom. The summed E-state index contributed by atoms with van der Waals surface area (Å²) < 4.78 is 34.6. The molecule has 0 radical (unpaired) electrons. The van der Waals surface area contributed by atoms with Crippen molar-refractivity contribution in [1.82, 2.24) is 0 Å². The van der Waals surface area contributed by atoms with E-state index in [0.717, 1.165) is 42.5 Å². The van der Waals surface area contributed by atoms with E-state index in [9.17, 15) is 13.6 Å². The standard InChI is InChI=1S/C20H23F2N3O3/c1-27-16-8-6-15(7-9-16)25-12-10-24(11-13-25)14-19(26)23-17-4-2-3-5-18(17)28-20(21)22/h2-9,20H,10-14H2,1H3,(H,23,26)/p+1. The van der Waals surface area contributed by atoms with E-state index in [4.69, 9.17) is 4.74 Å². The molecule has 1 saturated heterocycles. The van der Waals surface area contributed by atoms with Crippen LogP contribution in [-0.4, -0.2) is 52.4 Å². The molecule has 0 unspecified atom stereocenters. The summed E-state index contributed by atoms with van der Waals surface area (Å²) in [6, 6.07) is 14.1. The molecule has 150 valence electrons. The van der Waals surface area contributed by atoms with Crippen molar-refractivity contribution in [3.05, 3.63) is 48.5 Å². The highest BCUT2D eigenvalue weighted by atomic mass is 19.3. The summed E-state index contributed by atoms with van der Waals surface area (Å²) in [6.07, 6.45) is 0. The van der Waals surface area contributed by atoms with Crippen LogP contribution in [0.1, 0.15) is 0 Å². The second kappa shape index (κ2) is 9.36. The number of nitrogens with zero attached hydrogens (tertiary/aromatic N) is 1. The third kappa shape index (κ3) is 5.32. The first-order valence-corrected chi connectivity index (χ1v) is 9.11. The first kappa shape index (κ1) is 19.9. The molecule has 1 aliphatic heterocycles. The maximum atomic E-state index is 12.5. The van der Waals surface area contributed by atoms with Crippen LogP contribution in [0.5, 0.6) is 11.5 Å². The van der Waals surface area contributed by atoms with Crippen LogP contribution in [0, 0.1) is 0 Å². The van der Waals surface area contributed by atoms with E-state index >= 15 is 0 Å². The van der Waals surface area contributed by atoms with Gasteiger partial charge in [-0.25, -0.2) is 0 Å². The quantitative estimate of drug-likeness (QED) is 0.752. The number of quaternary nitrogens is 1. The highest BCUT2D eigenvalue weighted by molar-refractivity contribution is 5.92. The number of amides is 1. The zero-order chi connectivity index (χ0) is 19.9. The lowest BCUT2D eigenvalue weighted by Gasteiger charge is -2.33. The molecule has 2 N–H and O–H groups in total. The molecular weight excluding hydrogens is 368 g/mol. The molecule has 1 aliphatic rings. The molecule has 1 heterocycles. The van der Waals surface area contributed by atoms with Crippen molar-refractivity contribution >= 4 is 17.3 Å². The average Bonchev–Trinajstić information content (AvgIpc) is 2.70. The van der Waals surface area contributed by atoms with Crippen molar-refractivity contribution in [2.75, 3.05) is 50.1 Å². The summed E-state index contributed by atoms with van der Waals surface area (Å²) in [4.78, 5) is 15.8. The fraction of sp³-hybridized carbons (Fsp3) is 0.350. The Morgan fingerprint density at radius 3 is 2.46 bits per heavy atom. The van der Waals surface area contributed by atoms with Crippen molar-refractivity contribution in [3.8, 4) is 11.5 Å². The van der Waals surface area contributed by atoms with Gasteiger partial charge >= 0.3 is 6.61 Å². The first-order chi connectivity index (χ1) is 13.5. The van der Waals surface area contributed by atoms with Crippen molar-refractivity contribution in [1.29, 1.82) is 0 Å². The van der Waals surface area contributed by atoms with E-state index in [-0.39, 0.29) is 23.9 Å². The summed E-state index contributed by atoms with van der Waals surface area (Å²) in [5, 5.41) is 2.67. The van der Waals surface area contributed by atoms with Gasteiger partial charge in [0.2, 0.25) is 0 Å². The molecule has 8 heteroatoms. The van der Waals surface area contributed by atoms with E-state index in [2.05, 4.69) is 15.0 Å². The number of carbonyl (C=O) groups excluding carboxylic acids is 1. The van der Waals surface area contributed by atoms with Crippen molar-refractivity contribution in [3.63, 3.8) is 0 Å².